The van der Waals surface area contributed by atoms with Crippen LogP contribution in [0.2, 0.25) is 5.02 Å². The molecule has 0 aliphatic carbocycles. The fourth-order valence-corrected chi connectivity index (χ4v) is 2.56. The van der Waals surface area contributed by atoms with Gasteiger partial charge in [0.25, 0.3) is 5.56 Å². The Morgan fingerprint density at radius 1 is 1.63 bits per heavy atom. The maximum absolute atomic E-state index is 11.9. The van der Waals surface area contributed by atoms with E-state index in [-0.39, 0.29) is 10.6 Å². The lowest BCUT2D eigenvalue weighted by molar-refractivity contribution is 0.565. The third-order valence-electron chi connectivity index (χ3n) is 3.39. The van der Waals surface area contributed by atoms with Crippen molar-refractivity contribution in [2.24, 2.45) is 0 Å². The molecule has 0 radical (unpaired) electrons. The molecule has 2 heterocycles. The van der Waals surface area contributed by atoms with Crippen molar-refractivity contribution >= 4 is 17.3 Å². The van der Waals surface area contributed by atoms with E-state index in [9.17, 15) is 4.79 Å². The van der Waals surface area contributed by atoms with Crippen molar-refractivity contribution < 1.29 is 0 Å². The number of aryl methyl sites for hydroxylation is 1. The Labute approximate surface area is 118 Å². The second-order valence-electron chi connectivity index (χ2n) is 4.91. The second kappa shape index (κ2) is 6.91. The molecule has 0 aromatic carbocycles. The minimum atomic E-state index is -0.215. The summed E-state index contributed by atoms with van der Waals surface area (Å²) < 4.78 is 1.41. The van der Waals surface area contributed by atoms with Gasteiger partial charge in [-0.2, -0.15) is 5.10 Å². The van der Waals surface area contributed by atoms with E-state index in [1.54, 1.807) is 6.20 Å². The van der Waals surface area contributed by atoms with Gasteiger partial charge in [-0.3, -0.25) is 4.79 Å². The van der Waals surface area contributed by atoms with E-state index in [2.05, 4.69) is 15.7 Å². The van der Waals surface area contributed by atoms with Crippen molar-refractivity contribution in [1.82, 2.24) is 15.1 Å². The van der Waals surface area contributed by atoms with E-state index in [1.807, 2.05) is 6.92 Å². The number of halogens is 1. The number of anilines is 1. The lowest BCUT2D eigenvalue weighted by atomic mass is 10.1. The summed E-state index contributed by atoms with van der Waals surface area (Å²) in [5.74, 6) is 0. The average molecular weight is 285 g/mol. The highest BCUT2D eigenvalue weighted by atomic mass is 35.5. The maximum Gasteiger partial charge on any atom is 0.287 e. The van der Waals surface area contributed by atoms with Crippen LogP contribution in [0.15, 0.2) is 11.0 Å². The molecule has 2 rings (SSSR count). The van der Waals surface area contributed by atoms with Crippen LogP contribution >= 0.6 is 11.6 Å². The van der Waals surface area contributed by atoms with Gasteiger partial charge < -0.3 is 10.6 Å². The van der Waals surface area contributed by atoms with Gasteiger partial charge >= 0.3 is 0 Å². The van der Waals surface area contributed by atoms with Crippen LogP contribution in [0.3, 0.4) is 0 Å². The molecule has 1 aliphatic rings. The van der Waals surface area contributed by atoms with Crippen LogP contribution in [0.25, 0.3) is 0 Å². The van der Waals surface area contributed by atoms with E-state index in [0.717, 1.165) is 25.9 Å². The quantitative estimate of drug-likeness (QED) is 0.837. The Bertz CT molecular complexity index is 468. The van der Waals surface area contributed by atoms with Crippen LogP contribution in [0, 0.1) is 0 Å². The lowest BCUT2D eigenvalue weighted by Gasteiger charge is -2.12. The summed E-state index contributed by atoms with van der Waals surface area (Å²) in [4.78, 5) is 11.9. The molecule has 0 saturated carbocycles. The predicted molar refractivity (Wildman–Crippen MR) is 77.9 cm³/mol. The van der Waals surface area contributed by atoms with Gasteiger partial charge in [0.1, 0.15) is 5.02 Å². The van der Waals surface area contributed by atoms with Crippen molar-refractivity contribution in [3.05, 3.63) is 21.6 Å². The Morgan fingerprint density at radius 3 is 3.16 bits per heavy atom. The number of aromatic nitrogens is 2. The van der Waals surface area contributed by atoms with Gasteiger partial charge in [-0.25, -0.2) is 4.68 Å². The highest BCUT2D eigenvalue weighted by Gasteiger charge is 2.14. The predicted octanol–water partition coefficient (Wildman–Crippen LogP) is 1.86. The van der Waals surface area contributed by atoms with E-state index < -0.39 is 0 Å². The molecule has 1 saturated heterocycles. The van der Waals surface area contributed by atoms with E-state index >= 15 is 0 Å². The molecule has 5 nitrogen and oxygen atoms in total. The first-order valence-corrected chi connectivity index (χ1v) is 7.33. The van der Waals surface area contributed by atoms with E-state index in [4.69, 9.17) is 11.6 Å². The third kappa shape index (κ3) is 3.70. The second-order valence-corrected chi connectivity index (χ2v) is 5.29. The lowest BCUT2D eigenvalue weighted by Crippen LogP contribution is -2.26. The maximum atomic E-state index is 11.9. The Kier molecular flexibility index (Phi) is 5.22. The first-order valence-electron chi connectivity index (χ1n) is 6.95. The zero-order valence-electron chi connectivity index (χ0n) is 11.3. The number of nitrogens with one attached hydrogen (secondary N) is 2. The molecule has 1 aromatic heterocycles. The first-order chi connectivity index (χ1) is 9.22. The first kappa shape index (κ1) is 14.3. The van der Waals surface area contributed by atoms with E-state index in [1.165, 1.54) is 17.5 Å². The minimum absolute atomic E-state index is 0.215. The summed E-state index contributed by atoms with van der Waals surface area (Å²) >= 11 is 6.08. The normalized spacial score (nSPS) is 18.7. The fraction of sp³-hybridized carbons (Fsp3) is 0.692. The zero-order chi connectivity index (χ0) is 13.7. The zero-order valence-corrected chi connectivity index (χ0v) is 12.0. The fourth-order valence-electron chi connectivity index (χ4n) is 2.34. The van der Waals surface area contributed by atoms with Gasteiger partial charge in [-0.05, 0) is 32.2 Å². The van der Waals surface area contributed by atoms with Gasteiger partial charge in [0, 0.05) is 19.1 Å². The molecule has 0 spiro atoms. The van der Waals surface area contributed by atoms with Crippen LogP contribution in [-0.4, -0.2) is 28.9 Å². The molecular formula is C13H21ClN4O. The molecule has 0 amide bonds. The van der Waals surface area contributed by atoms with Crippen LogP contribution < -0.4 is 16.2 Å². The highest BCUT2D eigenvalue weighted by molar-refractivity contribution is 6.32. The average Bonchev–Trinajstić information content (AvgIpc) is 2.91. The molecule has 0 bridgehead atoms. The molecule has 6 heteroatoms. The van der Waals surface area contributed by atoms with Crippen LogP contribution in [0.4, 0.5) is 5.69 Å². The Balaban J connectivity index is 1.92. The van der Waals surface area contributed by atoms with Crippen molar-refractivity contribution in [2.75, 3.05) is 18.4 Å². The molecule has 1 unspecified atom stereocenters. The monoisotopic (exact) mass is 284 g/mol. The molecule has 19 heavy (non-hydrogen) atoms. The van der Waals surface area contributed by atoms with Crippen molar-refractivity contribution in [1.29, 1.82) is 0 Å². The van der Waals surface area contributed by atoms with Gasteiger partial charge in [-0.1, -0.05) is 18.5 Å². The molecule has 1 fully saturated rings. The molecule has 1 aromatic rings. The van der Waals surface area contributed by atoms with Gasteiger partial charge in [0.15, 0.2) is 0 Å². The topological polar surface area (TPSA) is 59.0 Å². The van der Waals surface area contributed by atoms with Gasteiger partial charge in [0.05, 0.1) is 11.9 Å². The van der Waals surface area contributed by atoms with Crippen LogP contribution in [0.5, 0.6) is 0 Å². The standard InChI is InChI=1S/C13H21ClN4O/c1-2-8-18-13(19)12(14)11(9-17-18)16-7-5-10-4-3-6-15-10/h9-10,15-16H,2-8H2,1H3. The molecule has 2 N–H and O–H groups in total. The third-order valence-corrected chi connectivity index (χ3v) is 3.76. The highest BCUT2D eigenvalue weighted by Crippen LogP contribution is 2.16. The minimum Gasteiger partial charge on any atom is -0.382 e. The molecule has 1 atom stereocenters. The number of nitrogens with zero attached hydrogens (tertiary/aromatic N) is 2. The molecule has 1 aliphatic heterocycles. The number of hydrogen-bond acceptors (Lipinski definition) is 4. The summed E-state index contributed by atoms with van der Waals surface area (Å²) in [5.41, 5.74) is 0.421. The number of rotatable bonds is 6. The smallest absolute Gasteiger partial charge is 0.287 e. The Morgan fingerprint density at radius 2 is 2.47 bits per heavy atom. The summed E-state index contributed by atoms with van der Waals surface area (Å²) in [7, 11) is 0. The van der Waals surface area contributed by atoms with Crippen molar-refractivity contribution in [3.8, 4) is 0 Å². The van der Waals surface area contributed by atoms with Crippen molar-refractivity contribution in [3.63, 3.8) is 0 Å². The van der Waals surface area contributed by atoms with Gasteiger partial charge in [0.2, 0.25) is 0 Å². The Hall–Kier alpha value is -1.07. The largest absolute Gasteiger partial charge is 0.382 e. The molecular weight excluding hydrogens is 264 g/mol. The van der Waals surface area contributed by atoms with E-state index in [0.29, 0.717) is 18.3 Å². The van der Waals surface area contributed by atoms with Crippen LogP contribution in [0.1, 0.15) is 32.6 Å². The van der Waals surface area contributed by atoms with Crippen LogP contribution in [-0.2, 0) is 6.54 Å². The SMILES string of the molecule is CCCn1ncc(NCCC2CCCN2)c(Cl)c1=O. The number of hydrogen-bond donors (Lipinski definition) is 2. The summed E-state index contributed by atoms with van der Waals surface area (Å²) in [6, 6.07) is 0.583. The summed E-state index contributed by atoms with van der Waals surface area (Å²) in [6.45, 7) is 4.52. The molecule has 106 valence electrons. The van der Waals surface area contributed by atoms with Crippen molar-refractivity contribution in [2.45, 2.75) is 45.2 Å². The van der Waals surface area contributed by atoms with Gasteiger partial charge in [-0.15, -0.1) is 0 Å². The summed E-state index contributed by atoms with van der Waals surface area (Å²) in [6.07, 6.45) is 6.02. The summed E-state index contributed by atoms with van der Waals surface area (Å²) in [5, 5.41) is 11.0.